The van der Waals surface area contributed by atoms with Crippen LogP contribution in [-0.2, 0) is 11.3 Å². The van der Waals surface area contributed by atoms with E-state index >= 15 is 0 Å². The number of thioether (sulfide) groups is 1. The van der Waals surface area contributed by atoms with E-state index in [0.29, 0.717) is 26.9 Å². The number of ether oxygens (including phenoxy) is 2. The number of rotatable bonds is 6. The van der Waals surface area contributed by atoms with Crippen molar-refractivity contribution in [2.24, 2.45) is 0 Å². The van der Waals surface area contributed by atoms with E-state index in [2.05, 4.69) is 0 Å². The van der Waals surface area contributed by atoms with Crippen LogP contribution in [-0.4, -0.2) is 29.1 Å². The van der Waals surface area contributed by atoms with E-state index in [9.17, 15) is 14.4 Å². The van der Waals surface area contributed by atoms with Crippen LogP contribution in [0.4, 0.5) is 4.79 Å². The van der Waals surface area contributed by atoms with E-state index in [1.165, 1.54) is 19.3 Å². The third-order valence-electron chi connectivity index (χ3n) is 5.03. The van der Waals surface area contributed by atoms with E-state index in [0.717, 1.165) is 16.7 Å². The van der Waals surface area contributed by atoms with Gasteiger partial charge in [0.15, 0.2) is 11.5 Å². The van der Waals surface area contributed by atoms with Crippen LogP contribution in [0.25, 0.3) is 6.08 Å². The number of imide groups is 1. The van der Waals surface area contributed by atoms with Crippen molar-refractivity contribution in [3.63, 3.8) is 0 Å². The molecule has 1 saturated heterocycles. The second kappa shape index (κ2) is 10.7. The number of carbonyl (C=O) groups excluding carboxylic acids is 3. The van der Waals surface area contributed by atoms with Gasteiger partial charge in [-0.25, -0.2) is 4.79 Å². The molecule has 0 bridgehead atoms. The molecule has 0 radical (unpaired) electrons. The third kappa shape index (κ3) is 5.49. The monoisotopic (exact) mass is 547 g/mol. The van der Waals surface area contributed by atoms with Crippen LogP contribution in [0.5, 0.6) is 11.5 Å². The van der Waals surface area contributed by atoms with Crippen molar-refractivity contribution in [1.29, 1.82) is 0 Å². The predicted octanol–water partition coefficient (Wildman–Crippen LogP) is 7.11. The first-order valence-corrected chi connectivity index (χ1v) is 12.1. The molecule has 1 fully saturated rings. The lowest BCUT2D eigenvalue weighted by Gasteiger charge is -2.14. The van der Waals surface area contributed by atoms with Gasteiger partial charge in [0.2, 0.25) is 0 Å². The third-order valence-corrected chi connectivity index (χ3v) is 6.98. The molecule has 0 aromatic heterocycles. The number of nitrogens with zero attached hydrogens (tertiary/aromatic N) is 1. The summed E-state index contributed by atoms with van der Waals surface area (Å²) in [4.78, 5) is 39.4. The van der Waals surface area contributed by atoms with Crippen molar-refractivity contribution in [1.82, 2.24) is 4.90 Å². The number of esters is 1. The Hall–Kier alpha value is -2.97. The number of methoxy groups -OCH3 is 1. The lowest BCUT2D eigenvalue weighted by atomic mass is 10.1. The van der Waals surface area contributed by atoms with Gasteiger partial charge in [0.1, 0.15) is 0 Å². The molecular weight excluding hydrogens is 533 g/mol. The number of carbonyl (C=O) groups is 3. The van der Waals surface area contributed by atoms with Gasteiger partial charge in [-0.3, -0.25) is 14.5 Å². The Morgan fingerprint density at radius 2 is 1.63 bits per heavy atom. The first-order chi connectivity index (χ1) is 16.8. The van der Waals surface area contributed by atoms with Crippen LogP contribution in [0, 0.1) is 0 Å². The maximum absolute atomic E-state index is 13.0. The summed E-state index contributed by atoms with van der Waals surface area (Å²) < 4.78 is 10.8. The summed E-state index contributed by atoms with van der Waals surface area (Å²) in [5.74, 6) is -0.707. The van der Waals surface area contributed by atoms with E-state index in [1.54, 1.807) is 54.6 Å². The van der Waals surface area contributed by atoms with Gasteiger partial charge in [0, 0.05) is 15.6 Å². The quantitative estimate of drug-likeness (QED) is 0.186. The minimum absolute atomic E-state index is 0.0518. The van der Waals surface area contributed by atoms with Crippen LogP contribution in [0.3, 0.4) is 0 Å². The second-order valence-corrected chi connectivity index (χ2v) is 9.46. The number of benzene rings is 3. The number of halogens is 3. The van der Waals surface area contributed by atoms with Crippen LogP contribution in [0.15, 0.2) is 65.6 Å². The van der Waals surface area contributed by atoms with Gasteiger partial charge in [-0.1, -0.05) is 59.1 Å². The molecule has 35 heavy (non-hydrogen) atoms. The van der Waals surface area contributed by atoms with Gasteiger partial charge < -0.3 is 9.47 Å². The highest BCUT2D eigenvalue weighted by Gasteiger charge is 2.35. The minimum atomic E-state index is -0.664. The predicted molar refractivity (Wildman–Crippen MR) is 137 cm³/mol. The van der Waals surface area contributed by atoms with Crippen molar-refractivity contribution in [2.45, 2.75) is 6.54 Å². The smallest absolute Gasteiger partial charge is 0.345 e. The largest absolute Gasteiger partial charge is 0.493 e. The molecule has 0 spiro atoms. The van der Waals surface area contributed by atoms with E-state index in [1.807, 2.05) is 0 Å². The summed E-state index contributed by atoms with van der Waals surface area (Å²) in [5.41, 5.74) is 1.20. The Balaban J connectivity index is 1.58. The Morgan fingerprint density at radius 3 is 2.31 bits per heavy atom. The van der Waals surface area contributed by atoms with Gasteiger partial charge in [-0.2, -0.15) is 0 Å². The summed E-state index contributed by atoms with van der Waals surface area (Å²) in [5, 5.41) is 0.525. The topological polar surface area (TPSA) is 72.9 Å². The van der Waals surface area contributed by atoms with Gasteiger partial charge in [-0.15, -0.1) is 0 Å². The Morgan fingerprint density at radius 1 is 0.943 bits per heavy atom. The Labute approximate surface area is 220 Å². The van der Waals surface area contributed by atoms with Gasteiger partial charge in [0.25, 0.3) is 11.1 Å². The highest BCUT2D eigenvalue weighted by molar-refractivity contribution is 8.18. The zero-order valence-corrected chi connectivity index (χ0v) is 21.2. The summed E-state index contributed by atoms with van der Waals surface area (Å²) in [6, 6.07) is 16.3. The first kappa shape index (κ1) is 25.1. The molecule has 0 saturated carbocycles. The maximum Gasteiger partial charge on any atom is 0.345 e. The molecule has 1 aliphatic rings. The SMILES string of the molecule is COc1ccc(/C=C2\SC(=O)N(Cc3c(Cl)cccc3Cl)C2=O)cc1OC(=O)c1ccccc1Cl. The highest BCUT2D eigenvalue weighted by atomic mass is 35.5. The molecular formula is C25H16Cl3NO5S. The molecule has 178 valence electrons. The zero-order chi connectivity index (χ0) is 25.1. The fourth-order valence-electron chi connectivity index (χ4n) is 3.27. The van der Waals surface area contributed by atoms with Crippen molar-refractivity contribution in [3.8, 4) is 11.5 Å². The summed E-state index contributed by atoms with van der Waals surface area (Å²) in [6.45, 7) is -0.0518. The summed E-state index contributed by atoms with van der Waals surface area (Å²) in [7, 11) is 1.44. The van der Waals surface area contributed by atoms with E-state index in [-0.39, 0.29) is 27.8 Å². The minimum Gasteiger partial charge on any atom is -0.493 e. The molecule has 6 nitrogen and oxygen atoms in total. The highest BCUT2D eigenvalue weighted by Crippen LogP contribution is 2.37. The average molecular weight is 549 g/mol. The Kier molecular flexibility index (Phi) is 7.72. The molecule has 3 aromatic carbocycles. The summed E-state index contributed by atoms with van der Waals surface area (Å²) in [6.07, 6.45) is 1.53. The van der Waals surface area contributed by atoms with Crippen LogP contribution in [0.1, 0.15) is 21.5 Å². The van der Waals surface area contributed by atoms with Crippen molar-refractivity contribution in [3.05, 3.63) is 97.3 Å². The zero-order valence-electron chi connectivity index (χ0n) is 18.1. The average Bonchev–Trinajstić information content (AvgIpc) is 3.09. The normalized spacial score (nSPS) is 14.5. The number of amides is 2. The lowest BCUT2D eigenvalue weighted by molar-refractivity contribution is -0.123. The molecule has 0 unspecified atom stereocenters. The van der Waals surface area contributed by atoms with Gasteiger partial charge in [0.05, 0.1) is 29.1 Å². The van der Waals surface area contributed by atoms with Gasteiger partial charge >= 0.3 is 5.97 Å². The molecule has 10 heteroatoms. The molecule has 1 aliphatic heterocycles. The fraction of sp³-hybridized carbons (Fsp3) is 0.0800. The lowest BCUT2D eigenvalue weighted by Crippen LogP contribution is -2.27. The van der Waals surface area contributed by atoms with Crippen LogP contribution < -0.4 is 9.47 Å². The number of hydrogen-bond donors (Lipinski definition) is 0. The van der Waals surface area contributed by atoms with Gasteiger partial charge in [-0.05, 0) is 59.8 Å². The Bertz CT molecular complexity index is 1350. The molecule has 2 amide bonds. The van der Waals surface area contributed by atoms with Crippen molar-refractivity contribution >= 4 is 69.8 Å². The molecule has 3 aromatic rings. The van der Waals surface area contributed by atoms with E-state index < -0.39 is 17.1 Å². The standard InChI is InChI=1S/C25H16Cl3NO5S/c1-33-20-10-9-14(11-21(20)34-24(31)15-5-2-3-6-17(15)26)12-22-23(30)29(25(32)35-22)13-16-18(27)7-4-8-19(16)28/h2-12H,13H2,1H3/b22-12-. The maximum atomic E-state index is 13.0. The van der Waals surface area contributed by atoms with Crippen molar-refractivity contribution in [2.75, 3.05) is 7.11 Å². The molecule has 0 N–H and O–H groups in total. The molecule has 1 heterocycles. The summed E-state index contributed by atoms with van der Waals surface area (Å²) >= 11 is 19.3. The molecule has 0 aliphatic carbocycles. The van der Waals surface area contributed by atoms with Crippen LogP contribution >= 0.6 is 46.6 Å². The molecule has 4 rings (SSSR count). The number of hydrogen-bond acceptors (Lipinski definition) is 6. The first-order valence-electron chi connectivity index (χ1n) is 10.1. The van der Waals surface area contributed by atoms with Crippen LogP contribution in [0.2, 0.25) is 15.1 Å². The van der Waals surface area contributed by atoms with E-state index in [4.69, 9.17) is 44.3 Å². The van der Waals surface area contributed by atoms with Crippen molar-refractivity contribution < 1.29 is 23.9 Å². The second-order valence-electron chi connectivity index (χ2n) is 7.25. The fourth-order valence-corrected chi connectivity index (χ4v) is 4.84. The molecule has 0 atom stereocenters.